The normalized spacial score (nSPS) is 25.5. The number of hydrogen-bond donors (Lipinski definition) is 1. The molecule has 4 rings (SSSR count). The number of ether oxygens (including phenoxy) is 1. The van der Waals surface area contributed by atoms with Gasteiger partial charge < -0.3 is 19.6 Å². The molecule has 194 valence electrons. The van der Waals surface area contributed by atoms with E-state index in [0.29, 0.717) is 17.8 Å². The monoisotopic (exact) mass is 560 g/mol. The Hall–Kier alpha value is -2.29. The van der Waals surface area contributed by atoms with Gasteiger partial charge >= 0.3 is 0 Å². The maximum absolute atomic E-state index is 15.8. The van der Waals surface area contributed by atoms with Crippen molar-refractivity contribution >= 4 is 33.4 Å². The Morgan fingerprint density at radius 2 is 1.94 bits per heavy atom. The van der Waals surface area contributed by atoms with Crippen LogP contribution in [0.1, 0.15) is 43.9 Å². The third kappa shape index (κ3) is 4.48. The number of nitrogens with zero attached hydrogens (tertiary/aromatic N) is 2. The van der Waals surface area contributed by atoms with Crippen LogP contribution in [0.2, 0.25) is 0 Å². The molecule has 36 heavy (non-hydrogen) atoms. The van der Waals surface area contributed by atoms with Gasteiger partial charge in [-0.2, -0.15) is 0 Å². The molecule has 2 heterocycles. The van der Waals surface area contributed by atoms with Crippen LogP contribution in [0.5, 0.6) is 0 Å². The summed E-state index contributed by atoms with van der Waals surface area (Å²) in [4.78, 5) is 30.4. The number of carbonyl (C=O) groups is 2. The highest BCUT2D eigenvalue weighted by atomic mass is 79.9. The number of amides is 2. The van der Waals surface area contributed by atoms with Gasteiger partial charge in [0.1, 0.15) is 5.67 Å². The van der Waals surface area contributed by atoms with Crippen LogP contribution in [-0.4, -0.2) is 53.8 Å². The molecule has 2 aliphatic rings. The molecule has 1 spiro atoms. The molecule has 0 aromatic heterocycles. The van der Waals surface area contributed by atoms with Crippen LogP contribution in [0.4, 0.5) is 10.1 Å². The molecular formula is C28H34BrFN2O4. The summed E-state index contributed by atoms with van der Waals surface area (Å²) in [6, 6.07) is 13.4. The molecule has 2 amide bonds. The third-order valence-corrected chi connectivity index (χ3v) is 8.20. The molecule has 0 radical (unpaired) electrons. The Morgan fingerprint density at radius 1 is 1.28 bits per heavy atom. The van der Waals surface area contributed by atoms with Gasteiger partial charge in [-0.1, -0.05) is 43.3 Å². The number of benzene rings is 2. The highest BCUT2D eigenvalue weighted by molar-refractivity contribution is 9.10. The molecule has 2 aromatic carbocycles. The first-order valence-electron chi connectivity index (χ1n) is 12.3. The number of carbonyl (C=O) groups excluding carboxylic acids is 2. The van der Waals surface area contributed by atoms with E-state index in [1.54, 1.807) is 16.8 Å². The van der Waals surface area contributed by atoms with Gasteiger partial charge in [0, 0.05) is 42.0 Å². The van der Waals surface area contributed by atoms with E-state index in [1.807, 2.05) is 56.3 Å². The lowest BCUT2D eigenvalue weighted by Gasteiger charge is -2.32. The summed E-state index contributed by atoms with van der Waals surface area (Å²) < 4.78 is 23.1. The number of alkyl halides is 1. The zero-order valence-corrected chi connectivity index (χ0v) is 23.0. The second-order valence-corrected chi connectivity index (χ2v) is 11.4. The van der Waals surface area contributed by atoms with E-state index < -0.39 is 29.2 Å². The summed E-state index contributed by atoms with van der Waals surface area (Å²) in [5.74, 6) is -1.71. The fourth-order valence-electron chi connectivity index (χ4n) is 6.10. The van der Waals surface area contributed by atoms with Crippen molar-refractivity contribution in [2.24, 2.45) is 11.8 Å². The fraction of sp³-hybridized carbons (Fsp3) is 0.500. The van der Waals surface area contributed by atoms with Gasteiger partial charge in [-0.25, -0.2) is 4.39 Å². The summed E-state index contributed by atoms with van der Waals surface area (Å²) in [6.07, 6.45) is -0.900. The number of rotatable bonds is 7. The fourth-order valence-corrected chi connectivity index (χ4v) is 6.94. The molecule has 1 fully saturated rings. The zero-order chi connectivity index (χ0) is 26.4. The standard InChI is InChI=1S/C28H34BrFN2O4/c1-17-13-20-25(21(29)14-17)31(5)26(35)28(20)18(2)24(27(3,4)30)22(36-28)15-23(34)32(11-12-33)16-19-9-7-6-8-10-19/h6-10,13-14,18,22,24,33H,11-12,15-16H2,1-5H3/t18-,22+,24-,28+/m1/s1. The molecule has 0 unspecified atom stereocenters. The van der Waals surface area contributed by atoms with Gasteiger partial charge in [-0.05, 0) is 53.9 Å². The predicted octanol–water partition coefficient (Wildman–Crippen LogP) is 4.74. The smallest absolute Gasteiger partial charge is 0.264 e. The molecule has 6 nitrogen and oxygen atoms in total. The highest BCUT2D eigenvalue weighted by Crippen LogP contribution is 2.59. The largest absolute Gasteiger partial charge is 0.395 e. The number of hydrogen-bond acceptors (Lipinski definition) is 4. The molecule has 1 saturated heterocycles. The van der Waals surface area contributed by atoms with Gasteiger partial charge in [0.15, 0.2) is 5.60 Å². The molecule has 2 aromatic rings. The summed E-state index contributed by atoms with van der Waals surface area (Å²) in [6.45, 7) is 7.05. The second kappa shape index (κ2) is 9.88. The second-order valence-electron chi connectivity index (χ2n) is 10.5. The minimum absolute atomic E-state index is 0.0871. The Kier molecular flexibility index (Phi) is 7.34. The van der Waals surface area contributed by atoms with Gasteiger partial charge in [0.05, 0.1) is 24.8 Å². The quantitative estimate of drug-likeness (QED) is 0.531. The van der Waals surface area contributed by atoms with E-state index in [0.717, 1.165) is 15.6 Å². The molecule has 2 aliphatic heterocycles. The van der Waals surface area contributed by atoms with Crippen molar-refractivity contribution in [1.29, 1.82) is 0 Å². The van der Waals surface area contributed by atoms with E-state index in [9.17, 15) is 14.7 Å². The number of aliphatic hydroxyl groups is 1. The lowest BCUT2D eigenvalue weighted by Crippen LogP contribution is -2.44. The van der Waals surface area contributed by atoms with E-state index in [2.05, 4.69) is 15.9 Å². The Balaban J connectivity index is 1.71. The Labute approximate surface area is 220 Å². The van der Waals surface area contributed by atoms with Crippen molar-refractivity contribution < 1.29 is 23.8 Å². The molecule has 0 saturated carbocycles. The maximum atomic E-state index is 15.8. The number of aliphatic hydroxyl groups excluding tert-OH is 1. The molecule has 0 aliphatic carbocycles. The zero-order valence-electron chi connectivity index (χ0n) is 21.4. The van der Waals surface area contributed by atoms with Crippen molar-refractivity contribution in [2.75, 3.05) is 25.1 Å². The minimum Gasteiger partial charge on any atom is -0.395 e. The van der Waals surface area contributed by atoms with Crippen LogP contribution in [0.15, 0.2) is 46.9 Å². The Bertz CT molecular complexity index is 1150. The van der Waals surface area contributed by atoms with E-state index in [-0.39, 0.29) is 31.4 Å². The van der Waals surface area contributed by atoms with Gasteiger partial charge in [0.2, 0.25) is 5.91 Å². The SMILES string of the molecule is Cc1cc(Br)c2c(c1)[C@]1(O[C@@H](CC(=O)N(CCO)Cc3ccccc3)[C@H](C(C)(C)F)[C@H]1C)C(=O)N2C. The van der Waals surface area contributed by atoms with E-state index in [4.69, 9.17) is 4.74 Å². The summed E-state index contributed by atoms with van der Waals surface area (Å²) in [7, 11) is 1.70. The van der Waals surface area contributed by atoms with Crippen LogP contribution < -0.4 is 4.90 Å². The summed E-state index contributed by atoms with van der Waals surface area (Å²) in [5.41, 5.74) is 0.226. The lowest BCUT2D eigenvalue weighted by molar-refractivity contribution is -0.150. The number of halogens is 2. The molecule has 1 N–H and O–H groups in total. The van der Waals surface area contributed by atoms with Gasteiger partial charge in [-0.3, -0.25) is 9.59 Å². The van der Waals surface area contributed by atoms with Gasteiger partial charge in [-0.15, -0.1) is 0 Å². The highest BCUT2D eigenvalue weighted by Gasteiger charge is 2.66. The van der Waals surface area contributed by atoms with Crippen molar-refractivity contribution in [2.45, 2.75) is 58.0 Å². The minimum atomic E-state index is -1.70. The third-order valence-electron chi connectivity index (χ3n) is 7.59. The summed E-state index contributed by atoms with van der Waals surface area (Å²) >= 11 is 3.59. The molecule has 4 atom stereocenters. The van der Waals surface area contributed by atoms with Crippen LogP contribution in [0.25, 0.3) is 0 Å². The average Bonchev–Trinajstić information content (AvgIpc) is 3.21. The van der Waals surface area contributed by atoms with Crippen molar-refractivity contribution in [3.63, 3.8) is 0 Å². The van der Waals surface area contributed by atoms with Crippen molar-refractivity contribution in [1.82, 2.24) is 4.90 Å². The first-order valence-corrected chi connectivity index (χ1v) is 13.1. The molecule has 8 heteroatoms. The molecule has 0 bridgehead atoms. The van der Waals surface area contributed by atoms with Crippen LogP contribution >= 0.6 is 15.9 Å². The summed E-state index contributed by atoms with van der Waals surface area (Å²) in [5, 5.41) is 9.60. The van der Waals surface area contributed by atoms with Crippen molar-refractivity contribution in [3.05, 3.63) is 63.6 Å². The topological polar surface area (TPSA) is 70.1 Å². The van der Waals surface area contributed by atoms with E-state index >= 15 is 4.39 Å². The maximum Gasteiger partial charge on any atom is 0.264 e. The number of likely N-dealkylation sites (N-methyl/N-ethyl adjacent to an activating group) is 1. The van der Waals surface area contributed by atoms with Gasteiger partial charge in [0.25, 0.3) is 5.91 Å². The first-order chi connectivity index (χ1) is 16.9. The van der Waals surface area contributed by atoms with E-state index in [1.165, 1.54) is 13.8 Å². The van der Waals surface area contributed by atoms with Crippen LogP contribution in [0, 0.1) is 18.8 Å². The molecular weight excluding hydrogens is 527 g/mol. The first kappa shape index (κ1) is 26.8. The number of fused-ring (bicyclic) bond motifs is 2. The Morgan fingerprint density at radius 3 is 2.56 bits per heavy atom. The van der Waals surface area contributed by atoms with Crippen LogP contribution in [-0.2, 0) is 26.5 Å². The lowest BCUT2D eigenvalue weighted by atomic mass is 9.71. The predicted molar refractivity (Wildman–Crippen MR) is 140 cm³/mol. The number of anilines is 1. The van der Waals surface area contributed by atoms with Crippen molar-refractivity contribution in [3.8, 4) is 0 Å². The number of aryl methyl sites for hydroxylation is 1. The van der Waals surface area contributed by atoms with Crippen LogP contribution in [0.3, 0.4) is 0 Å². The average molecular weight is 561 g/mol.